The third-order valence-corrected chi connectivity index (χ3v) is 3.60. The fourth-order valence-electron chi connectivity index (χ4n) is 1.76. The normalized spacial score (nSPS) is 10.3. The van der Waals surface area contributed by atoms with Crippen LogP contribution in [0.4, 0.5) is 17.1 Å². The van der Waals surface area contributed by atoms with Crippen molar-refractivity contribution in [2.24, 2.45) is 0 Å². The van der Waals surface area contributed by atoms with Gasteiger partial charge in [0.15, 0.2) is 0 Å². The number of nitrogen functional groups attached to an aromatic ring is 1. The zero-order valence-electron chi connectivity index (χ0n) is 10.6. The molecule has 0 aromatic heterocycles. The highest BCUT2D eigenvalue weighted by atomic mass is 79.9. The molecular formula is C14H14BrClN2O. The number of methoxy groups -OCH3 is 1. The highest BCUT2D eigenvalue weighted by Gasteiger charge is 2.08. The lowest BCUT2D eigenvalue weighted by atomic mass is 10.1. The van der Waals surface area contributed by atoms with Gasteiger partial charge in [0.05, 0.1) is 23.5 Å². The molecule has 0 fully saturated rings. The van der Waals surface area contributed by atoms with Crippen LogP contribution >= 0.6 is 27.5 Å². The number of anilines is 3. The van der Waals surface area contributed by atoms with E-state index in [1.807, 2.05) is 37.3 Å². The Morgan fingerprint density at radius 3 is 2.63 bits per heavy atom. The Labute approximate surface area is 125 Å². The van der Waals surface area contributed by atoms with Gasteiger partial charge in [-0.1, -0.05) is 27.5 Å². The Balaban J connectivity index is 2.41. The van der Waals surface area contributed by atoms with Crippen molar-refractivity contribution in [2.75, 3.05) is 18.2 Å². The molecule has 100 valence electrons. The molecule has 0 saturated carbocycles. The summed E-state index contributed by atoms with van der Waals surface area (Å²) in [6, 6.07) is 9.41. The molecule has 0 spiro atoms. The predicted octanol–water partition coefficient (Wildman–Crippen LogP) is 4.75. The summed E-state index contributed by atoms with van der Waals surface area (Å²) in [6.07, 6.45) is 0. The molecule has 0 radical (unpaired) electrons. The SMILES string of the molecule is COc1ccc(Br)cc1Nc1cc(Cl)c(N)cc1C. The van der Waals surface area contributed by atoms with E-state index in [0.717, 1.165) is 27.2 Å². The minimum Gasteiger partial charge on any atom is -0.495 e. The maximum absolute atomic E-state index is 6.05. The van der Waals surface area contributed by atoms with Gasteiger partial charge in [-0.05, 0) is 42.8 Å². The quantitative estimate of drug-likeness (QED) is 0.792. The van der Waals surface area contributed by atoms with Crippen molar-refractivity contribution in [1.29, 1.82) is 0 Å². The lowest BCUT2D eigenvalue weighted by Crippen LogP contribution is -1.98. The smallest absolute Gasteiger partial charge is 0.142 e. The molecule has 5 heteroatoms. The van der Waals surface area contributed by atoms with Crippen LogP contribution in [-0.2, 0) is 0 Å². The van der Waals surface area contributed by atoms with Gasteiger partial charge < -0.3 is 15.8 Å². The second-order valence-corrected chi connectivity index (χ2v) is 5.48. The molecule has 2 aromatic rings. The summed E-state index contributed by atoms with van der Waals surface area (Å²) in [5.41, 5.74) is 9.12. The number of hydrogen-bond acceptors (Lipinski definition) is 3. The van der Waals surface area contributed by atoms with Crippen molar-refractivity contribution in [2.45, 2.75) is 6.92 Å². The van der Waals surface area contributed by atoms with Crippen LogP contribution in [0.3, 0.4) is 0 Å². The van der Waals surface area contributed by atoms with Crippen LogP contribution in [0.5, 0.6) is 5.75 Å². The van der Waals surface area contributed by atoms with Gasteiger partial charge in [-0.15, -0.1) is 0 Å². The van der Waals surface area contributed by atoms with Crippen LogP contribution in [-0.4, -0.2) is 7.11 Å². The Kier molecular flexibility index (Phi) is 4.22. The topological polar surface area (TPSA) is 47.3 Å². The number of benzene rings is 2. The Morgan fingerprint density at radius 1 is 1.21 bits per heavy atom. The Bertz CT molecular complexity index is 617. The maximum Gasteiger partial charge on any atom is 0.142 e. The molecule has 0 aliphatic rings. The van der Waals surface area contributed by atoms with Crippen molar-refractivity contribution in [3.63, 3.8) is 0 Å². The summed E-state index contributed by atoms with van der Waals surface area (Å²) in [4.78, 5) is 0. The van der Waals surface area contributed by atoms with E-state index < -0.39 is 0 Å². The molecule has 0 aliphatic carbocycles. The summed E-state index contributed by atoms with van der Waals surface area (Å²) < 4.78 is 6.29. The van der Waals surface area contributed by atoms with Crippen LogP contribution < -0.4 is 15.8 Å². The van der Waals surface area contributed by atoms with E-state index in [9.17, 15) is 0 Å². The maximum atomic E-state index is 6.05. The van der Waals surface area contributed by atoms with Crippen molar-refractivity contribution in [3.8, 4) is 5.75 Å². The molecule has 0 amide bonds. The highest BCUT2D eigenvalue weighted by Crippen LogP contribution is 2.34. The van der Waals surface area contributed by atoms with Crippen LogP contribution in [0, 0.1) is 6.92 Å². The third-order valence-electron chi connectivity index (χ3n) is 2.77. The summed E-state index contributed by atoms with van der Waals surface area (Å²) in [5.74, 6) is 0.760. The zero-order chi connectivity index (χ0) is 14.0. The van der Waals surface area contributed by atoms with Gasteiger partial charge >= 0.3 is 0 Å². The van der Waals surface area contributed by atoms with Crippen LogP contribution in [0.2, 0.25) is 5.02 Å². The second kappa shape index (κ2) is 5.72. The van der Waals surface area contributed by atoms with E-state index in [-0.39, 0.29) is 0 Å². The lowest BCUT2D eigenvalue weighted by Gasteiger charge is -2.14. The molecule has 2 rings (SSSR count). The Morgan fingerprint density at radius 2 is 1.95 bits per heavy atom. The first-order chi connectivity index (χ1) is 9.01. The average Bonchev–Trinajstić information content (AvgIpc) is 2.36. The van der Waals surface area contributed by atoms with Crippen LogP contribution in [0.25, 0.3) is 0 Å². The van der Waals surface area contributed by atoms with E-state index in [4.69, 9.17) is 22.1 Å². The minimum atomic E-state index is 0.530. The molecule has 0 saturated heterocycles. The second-order valence-electron chi connectivity index (χ2n) is 4.16. The number of ether oxygens (including phenoxy) is 1. The molecule has 0 heterocycles. The first-order valence-corrected chi connectivity index (χ1v) is 6.84. The predicted molar refractivity (Wildman–Crippen MR) is 84.6 cm³/mol. The largest absolute Gasteiger partial charge is 0.495 e. The summed E-state index contributed by atoms with van der Waals surface area (Å²) in [5, 5.41) is 3.84. The number of halogens is 2. The first-order valence-electron chi connectivity index (χ1n) is 5.67. The molecule has 0 bridgehead atoms. The number of aryl methyl sites for hydroxylation is 1. The Hall–Kier alpha value is -1.39. The van der Waals surface area contributed by atoms with Gasteiger partial charge in [0.1, 0.15) is 5.75 Å². The molecule has 0 aliphatic heterocycles. The molecule has 0 atom stereocenters. The summed E-state index contributed by atoms with van der Waals surface area (Å²) in [6.45, 7) is 1.97. The fraction of sp³-hybridized carbons (Fsp3) is 0.143. The lowest BCUT2D eigenvalue weighted by molar-refractivity contribution is 0.417. The van der Waals surface area contributed by atoms with Gasteiger partial charge in [-0.2, -0.15) is 0 Å². The van der Waals surface area contributed by atoms with Gasteiger partial charge in [-0.25, -0.2) is 0 Å². The average molecular weight is 342 g/mol. The van der Waals surface area contributed by atoms with E-state index >= 15 is 0 Å². The zero-order valence-corrected chi connectivity index (χ0v) is 13.0. The fourth-order valence-corrected chi connectivity index (χ4v) is 2.29. The molecular weight excluding hydrogens is 328 g/mol. The third kappa shape index (κ3) is 3.14. The van der Waals surface area contributed by atoms with E-state index in [2.05, 4.69) is 21.2 Å². The number of nitrogens with one attached hydrogen (secondary N) is 1. The van der Waals surface area contributed by atoms with Crippen molar-refractivity contribution < 1.29 is 4.74 Å². The van der Waals surface area contributed by atoms with Crippen LogP contribution in [0.15, 0.2) is 34.8 Å². The number of hydrogen-bond donors (Lipinski definition) is 2. The van der Waals surface area contributed by atoms with Gasteiger partial charge in [0, 0.05) is 10.2 Å². The minimum absolute atomic E-state index is 0.530. The van der Waals surface area contributed by atoms with Gasteiger partial charge in [0.2, 0.25) is 0 Å². The molecule has 2 aromatic carbocycles. The monoisotopic (exact) mass is 340 g/mol. The van der Waals surface area contributed by atoms with Crippen molar-refractivity contribution in [1.82, 2.24) is 0 Å². The van der Waals surface area contributed by atoms with Crippen molar-refractivity contribution in [3.05, 3.63) is 45.4 Å². The van der Waals surface area contributed by atoms with E-state index in [1.165, 1.54) is 0 Å². The highest BCUT2D eigenvalue weighted by molar-refractivity contribution is 9.10. The first kappa shape index (κ1) is 14.0. The van der Waals surface area contributed by atoms with Gasteiger partial charge in [-0.3, -0.25) is 0 Å². The van der Waals surface area contributed by atoms with E-state index in [0.29, 0.717) is 10.7 Å². The van der Waals surface area contributed by atoms with Gasteiger partial charge in [0.25, 0.3) is 0 Å². The van der Waals surface area contributed by atoms with Crippen LogP contribution in [0.1, 0.15) is 5.56 Å². The molecule has 3 nitrogen and oxygen atoms in total. The molecule has 19 heavy (non-hydrogen) atoms. The molecule has 3 N–H and O–H groups in total. The van der Waals surface area contributed by atoms with E-state index in [1.54, 1.807) is 7.11 Å². The van der Waals surface area contributed by atoms with Crippen molar-refractivity contribution >= 4 is 44.6 Å². The summed E-state index contributed by atoms with van der Waals surface area (Å²) >= 11 is 9.49. The summed E-state index contributed by atoms with van der Waals surface area (Å²) in [7, 11) is 1.64. The molecule has 0 unspecified atom stereocenters. The number of rotatable bonds is 3. The standard InChI is InChI=1S/C14H14BrClN2O/c1-8-5-11(17)10(16)7-12(8)18-13-6-9(15)3-4-14(13)19-2/h3-7,18H,17H2,1-2H3. The number of nitrogens with two attached hydrogens (primary N) is 1.